The molecular formula is C26H27N3O3S. The Morgan fingerprint density at radius 1 is 1.18 bits per heavy atom. The summed E-state index contributed by atoms with van der Waals surface area (Å²) in [6.45, 7) is 5.17. The smallest absolute Gasteiger partial charge is 0.274 e. The zero-order valence-electron chi connectivity index (χ0n) is 19.0. The van der Waals surface area contributed by atoms with Gasteiger partial charge in [-0.05, 0) is 61.9 Å². The first-order chi connectivity index (χ1) is 15.9. The molecule has 33 heavy (non-hydrogen) atoms. The van der Waals surface area contributed by atoms with Crippen LogP contribution < -0.4 is 10.1 Å². The van der Waals surface area contributed by atoms with E-state index in [1.54, 1.807) is 42.7 Å². The molecule has 2 heterocycles. The molecule has 5 rings (SSSR count). The average molecular weight is 462 g/mol. The minimum atomic E-state index is -0.140. The quantitative estimate of drug-likeness (QED) is 0.593. The molecule has 2 aliphatic rings. The summed E-state index contributed by atoms with van der Waals surface area (Å²) < 4.78 is 5.16. The van der Waals surface area contributed by atoms with E-state index in [1.165, 1.54) is 0 Å². The van der Waals surface area contributed by atoms with Crippen molar-refractivity contribution in [3.63, 3.8) is 0 Å². The van der Waals surface area contributed by atoms with Crippen molar-refractivity contribution in [3.05, 3.63) is 70.4 Å². The van der Waals surface area contributed by atoms with Crippen LogP contribution in [0.2, 0.25) is 0 Å². The molecule has 3 aromatic rings. The molecule has 0 bridgehead atoms. The highest BCUT2D eigenvalue weighted by Gasteiger charge is 2.54. The van der Waals surface area contributed by atoms with E-state index in [9.17, 15) is 9.59 Å². The number of thiazole rings is 1. The topological polar surface area (TPSA) is 71.5 Å². The van der Waals surface area contributed by atoms with Gasteiger partial charge in [0.25, 0.3) is 11.8 Å². The number of hydrogen-bond acceptors (Lipinski definition) is 5. The van der Waals surface area contributed by atoms with Gasteiger partial charge in [-0.2, -0.15) is 0 Å². The predicted octanol–water partition coefficient (Wildman–Crippen LogP) is 4.33. The number of carbonyl (C=O) groups is 2. The van der Waals surface area contributed by atoms with E-state index < -0.39 is 0 Å². The summed E-state index contributed by atoms with van der Waals surface area (Å²) in [6, 6.07) is 15.2. The lowest BCUT2D eigenvalue weighted by molar-refractivity contribution is 0.0690. The van der Waals surface area contributed by atoms with Crippen molar-refractivity contribution in [1.82, 2.24) is 15.2 Å². The predicted molar refractivity (Wildman–Crippen MR) is 129 cm³/mol. The molecule has 1 aliphatic carbocycles. The summed E-state index contributed by atoms with van der Waals surface area (Å²) in [6.07, 6.45) is 1.12. The Bertz CT molecular complexity index is 1200. The highest BCUT2D eigenvalue weighted by molar-refractivity contribution is 7.15. The normalized spacial score (nSPS) is 20.9. The number of aromatic nitrogens is 1. The van der Waals surface area contributed by atoms with E-state index in [0.29, 0.717) is 35.4 Å². The van der Waals surface area contributed by atoms with Crippen LogP contribution in [0.3, 0.4) is 0 Å². The van der Waals surface area contributed by atoms with E-state index in [1.807, 2.05) is 24.0 Å². The SMILES string of the molecule is COc1ccc(C(=O)NC[C@@H]2C3C[C@@H]3CN2C(=O)c2nc(C)sc2-c2cccc(C)c2)cc1. The summed E-state index contributed by atoms with van der Waals surface area (Å²) >= 11 is 1.56. The number of aryl methyl sites for hydroxylation is 2. The Labute approximate surface area is 197 Å². The van der Waals surface area contributed by atoms with E-state index in [2.05, 4.69) is 29.4 Å². The molecule has 3 atom stereocenters. The molecule has 170 valence electrons. The summed E-state index contributed by atoms with van der Waals surface area (Å²) in [5.41, 5.74) is 3.28. The molecule has 7 heteroatoms. The van der Waals surface area contributed by atoms with Gasteiger partial charge >= 0.3 is 0 Å². The van der Waals surface area contributed by atoms with Crippen LogP contribution in [0.4, 0.5) is 0 Å². The van der Waals surface area contributed by atoms with E-state index in [4.69, 9.17) is 4.74 Å². The summed E-state index contributed by atoms with van der Waals surface area (Å²) in [5.74, 6) is 1.51. The number of methoxy groups -OCH3 is 1. The first kappa shape index (κ1) is 21.6. The fourth-order valence-electron chi connectivity index (χ4n) is 4.80. The van der Waals surface area contributed by atoms with Crippen LogP contribution >= 0.6 is 11.3 Å². The standard InChI is InChI=1S/C26H27N3O3S/c1-15-5-4-6-18(11-15)24-23(28-16(2)33-24)26(31)29-14-19-12-21(19)22(29)13-27-25(30)17-7-9-20(32-3)10-8-17/h4-11,19,21-22H,12-14H2,1-3H3,(H,27,30)/t19-,21?,22-/m1/s1. The third-order valence-electron chi connectivity index (χ3n) is 6.60. The Morgan fingerprint density at radius 3 is 2.70 bits per heavy atom. The number of benzene rings is 2. The summed E-state index contributed by atoms with van der Waals surface area (Å²) in [4.78, 5) is 33.8. The number of hydrogen-bond donors (Lipinski definition) is 1. The number of amides is 2. The van der Waals surface area contributed by atoms with Crippen LogP contribution in [0, 0.1) is 25.7 Å². The van der Waals surface area contributed by atoms with Crippen molar-refractivity contribution in [2.75, 3.05) is 20.2 Å². The first-order valence-electron chi connectivity index (χ1n) is 11.2. The third-order valence-corrected chi connectivity index (χ3v) is 7.62. The first-order valence-corrected chi connectivity index (χ1v) is 12.0. The highest BCUT2D eigenvalue weighted by Crippen LogP contribution is 2.50. The zero-order chi connectivity index (χ0) is 23.1. The largest absolute Gasteiger partial charge is 0.497 e. The van der Waals surface area contributed by atoms with E-state index >= 15 is 0 Å². The van der Waals surface area contributed by atoms with Crippen LogP contribution in [0.5, 0.6) is 5.75 Å². The van der Waals surface area contributed by atoms with Crippen molar-refractivity contribution in [2.24, 2.45) is 11.8 Å². The van der Waals surface area contributed by atoms with Crippen LogP contribution in [0.25, 0.3) is 10.4 Å². The fourth-order valence-corrected chi connectivity index (χ4v) is 5.70. The number of likely N-dealkylation sites (tertiary alicyclic amines) is 1. The molecule has 2 amide bonds. The van der Waals surface area contributed by atoms with Crippen LogP contribution in [0.15, 0.2) is 48.5 Å². The maximum Gasteiger partial charge on any atom is 0.274 e. The number of rotatable bonds is 6. The maximum absolute atomic E-state index is 13.6. The van der Waals surface area contributed by atoms with Gasteiger partial charge in [0.05, 0.1) is 23.0 Å². The lowest BCUT2D eigenvalue weighted by Crippen LogP contribution is -2.45. The zero-order valence-corrected chi connectivity index (χ0v) is 19.8. The summed E-state index contributed by atoms with van der Waals surface area (Å²) in [5, 5.41) is 3.92. The Hall–Kier alpha value is -3.19. The van der Waals surface area contributed by atoms with Crippen LogP contribution in [0.1, 0.15) is 37.8 Å². The molecule has 1 N–H and O–H groups in total. The van der Waals surface area contributed by atoms with Crippen molar-refractivity contribution in [1.29, 1.82) is 0 Å². The van der Waals surface area contributed by atoms with Crippen molar-refractivity contribution >= 4 is 23.2 Å². The minimum Gasteiger partial charge on any atom is -0.497 e. The lowest BCUT2D eigenvalue weighted by Gasteiger charge is -2.27. The van der Waals surface area contributed by atoms with Crippen molar-refractivity contribution < 1.29 is 14.3 Å². The second kappa shape index (κ2) is 8.63. The molecule has 1 saturated carbocycles. The van der Waals surface area contributed by atoms with Gasteiger partial charge in [-0.15, -0.1) is 11.3 Å². The van der Waals surface area contributed by atoms with Crippen molar-refractivity contribution in [2.45, 2.75) is 26.3 Å². The molecule has 1 aromatic heterocycles. The van der Waals surface area contributed by atoms with E-state index in [0.717, 1.165) is 34.0 Å². The Balaban J connectivity index is 1.33. The molecule has 2 aromatic carbocycles. The molecule has 1 unspecified atom stereocenters. The van der Waals surface area contributed by atoms with Gasteiger partial charge in [-0.25, -0.2) is 4.98 Å². The van der Waals surface area contributed by atoms with Gasteiger partial charge < -0.3 is 15.0 Å². The molecule has 0 spiro atoms. The van der Waals surface area contributed by atoms with Crippen molar-refractivity contribution in [3.8, 4) is 16.2 Å². The van der Waals surface area contributed by atoms with Gasteiger partial charge in [0.2, 0.25) is 0 Å². The van der Waals surface area contributed by atoms with Gasteiger partial charge in [0, 0.05) is 18.7 Å². The van der Waals surface area contributed by atoms with Gasteiger partial charge in [0.1, 0.15) is 11.4 Å². The molecule has 1 aliphatic heterocycles. The number of nitrogens with zero attached hydrogens (tertiary/aromatic N) is 2. The molecule has 6 nitrogen and oxygen atoms in total. The number of piperidine rings is 1. The monoisotopic (exact) mass is 461 g/mol. The second-order valence-electron chi connectivity index (χ2n) is 8.90. The molecule has 2 fully saturated rings. The minimum absolute atomic E-state index is 0.00272. The highest BCUT2D eigenvalue weighted by atomic mass is 32.1. The Kier molecular flexibility index (Phi) is 5.66. The van der Waals surface area contributed by atoms with Crippen LogP contribution in [-0.2, 0) is 0 Å². The van der Waals surface area contributed by atoms with Gasteiger partial charge in [0.15, 0.2) is 0 Å². The summed E-state index contributed by atoms with van der Waals surface area (Å²) in [7, 11) is 1.60. The second-order valence-corrected chi connectivity index (χ2v) is 10.1. The van der Waals surface area contributed by atoms with E-state index in [-0.39, 0.29) is 17.9 Å². The molecular weight excluding hydrogens is 434 g/mol. The number of nitrogens with one attached hydrogen (secondary N) is 1. The number of ether oxygens (including phenoxy) is 1. The fraction of sp³-hybridized carbons (Fsp3) is 0.346. The molecule has 1 saturated heterocycles. The average Bonchev–Trinajstić information content (AvgIpc) is 3.33. The lowest BCUT2D eigenvalue weighted by atomic mass is 10.1. The molecule has 0 radical (unpaired) electrons. The number of carbonyl (C=O) groups excluding carboxylic acids is 2. The number of fused-ring (bicyclic) bond motifs is 1. The van der Waals surface area contributed by atoms with Gasteiger partial charge in [-0.1, -0.05) is 29.8 Å². The maximum atomic E-state index is 13.6. The van der Waals surface area contributed by atoms with Gasteiger partial charge in [-0.3, -0.25) is 9.59 Å². The van der Waals surface area contributed by atoms with Crippen LogP contribution in [-0.4, -0.2) is 47.9 Å². The Morgan fingerprint density at radius 2 is 1.97 bits per heavy atom. The third kappa shape index (κ3) is 4.25.